The summed E-state index contributed by atoms with van der Waals surface area (Å²) in [7, 11) is 1.20. The fraction of sp³-hybridized carbons (Fsp3) is 0.417. The Morgan fingerprint density at radius 2 is 1.79 bits per heavy atom. The zero-order chi connectivity index (χ0) is 24.6. The van der Waals surface area contributed by atoms with E-state index in [4.69, 9.17) is 14.3 Å². The molecule has 3 heterocycles. The predicted octanol–water partition coefficient (Wildman–Crippen LogP) is 3.50. The van der Waals surface area contributed by atoms with Gasteiger partial charge in [-0.2, -0.15) is 0 Å². The number of hydrogen-bond donors (Lipinski definition) is 0. The van der Waals surface area contributed by atoms with Crippen molar-refractivity contribution in [3.8, 4) is 0 Å². The summed E-state index contributed by atoms with van der Waals surface area (Å²) >= 11 is 0.873. The summed E-state index contributed by atoms with van der Waals surface area (Å²) < 4.78 is 9.99. The molecule has 0 radical (unpaired) electrons. The first-order valence-electron chi connectivity index (χ1n) is 11.1. The molecule has 4 rings (SSSR count). The number of hydroxylamine groups is 1. The minimum atomic E-state index is -1.02. The second-order valence-electron chi connectivity index (χ2n) is 8.03. The maximum absolute atomic E-state index is 13.7. The summed E-state index contributed by atoms with van der Waals surface area (Å²) in [6.07, 6.45) is 0.383. The van der Waals surface area contributed by atoms with Crippen LogP contribution < -0.4 is 9.96 Å². The number of imide groups is 1. The van der Waals surface area contributed by atoms with Crippen molar-refractivity contribution in [2.75, 3.05) is 23.7 Å². The highest BCUT2D eigenvalue weighted by Crippen LogP contribution is 2.45. The zero-order valence-electron chi connectivity index (χ0n) is 19.4. The van der Waals surface area contributed by atoms with Gasteiger partial charge < -0.3 is 9.47 Å². The molecule has 9 nitrogen and oxygen atoms in total. The van der Waals surface area contributed by atoms with Crippen molar-refractivity contribution in [1.29, 1.82) is 0 Å². The fourth-order valence-electron chi connectivity index (χ4n) is 4.50. The molecule has 0 saturated carbocycles. The van der Waals surface area contributed by atoms with Crippen LogP contribution in [0.2, 0.25) is 0 Å². The molecule has 2 saturated heterocycles. The number of esters is 2. The van der Waals surface area contributed by atoms with Crippen LogP contribution in [-0.2, 0) is 23.9 Å². The highest BCUT2D eigenvalue weighted by atomic mass is 32.1. The van der Waals surface area contributed by atoms with E-state index in [0.29, 0.717) is 12.0 Å². The average Bonchev–Trinajstić information content (AvgIpc) is 3.45. The van der Waals surface area contributed by atoms with Crippen LogP contribution in [0, 0.1) is 12.8 Å². The van der Waals surface area contributed by atoms with Gasteiger partial charge in [0.15, 0.2) is 6.10 Å². The van der Waals surface area contributed by atoms with E-state index in [9.17, 15) is 19.2 Å². The minimum absolute atomic E-state index is 0.00387. The number of benzene rings is 1. The largest absolute Gasteiger partial charge is 0.465 e. The maximum atomic E-state index is 13.7. The topological polar surface area (TPSA) is 102 Å². The van der Waals surface area contributed by atoms with Gasteiger partial charge >= 0.3 is 11.9 Å². The number of ether oxygens (including phenoxy) is 2. The fourth-order valence-corrected chi connectivity index (χ4v) is 5.70. The number of hydrogen-bond acceptors (Lipinski definition) is 9. The Bertz CT molecular complexity index is 1130. The molecular weight excluding hydrogens is 460 g/mol. The van der Waals surface area contributed by atoms with Gasteiger partial charge in [-0.1, -0.05) is 31.5 Å². The molecule has 1 aromatic carbocycles. The first-order chi connectivity index (χ1) is 16.3. The second kappa shape index (κ2) is 9.55. The van der Waals surface area contributed by atoms with Gasteiger partial charge in [0.1, 0.15) is 9.88 Å². The molecule has 0 spiro atoms. The van der Waals surface area contributed by atoms with Crippen molar-refractivity contribution in [1.82, 2.24) is 0 Å². The zero-order valence-corrected chi connectivity index (χ0v) is 20.2. The summed E-state index contributed by atoms with van der Waals surface area (Å²) in [6, 6.07) is 8.97. The Balaban J connectivity index is 1.75. The van der Waals surface area contributed by atoms with Crippen LogP contribution >= 0.6 is 11.3 Å². The Kier molecular flexibility index (Phi) is 6.72. The van der Waals surface area contributed by atoms with Gasteiger partial charge in [0, 0.05) is 0 Å². The Morgan fingerprint density at radius 1 is 1.09 bits per heavy atom. The molecule has 180 valence electrons. The number of thiophene rings is 1. The molecule has 2 aliphatic heterocycles. The van der Waals surface area contributed by atoms with Crippen LogP contribution in [0.5, 0.6) is 0 Å². The van der Waals surface area contributed by atoms with E-state index in [1.165, 1.54) is 7.11 Å². The van der Waals surface area contributed by atoms with Gasteiger partial charge in [-0.05, 0) is 38.0 Å². The van der Waals surface area contributed by atoms with Crippen molar-refractivity contribution in [2.45, 2.75) is 45.8 Å². The van der Waals surface area contributed by atoms with Gasteiger partial charge in [0.2, 0.25) is 5.91 Å². The minimum Gasteiger partial charge on any atom is -0.465 e. The van der Waals surface area contributed by atoms with Crippen LogP contribution in [0.1, 0.15) is 52.3 Å². The highest BCUT2D eigenvalue weighted by molar-refractivity contribution is 7.19. The van der Waals surface area contributed by atoms with Crippen LogP contribution in [0.3, 0.4) is 0 Å². The van der Waals surface area contributed by atoms with Crippen LogP contribution in [-0.4, -0.2) is 49.6 Å². The molecule has 0 unspecified atom stereocenters. The van der Waals surface area contributed by atoms with E-state index in [-0.39, 0.29) is 28.1 Å². The molecule has 2 amide bonds. The summed E-state index contributed by atoms with van der Waals surface area (Å²) in [4.78, 5) is 59.4. The predicted molar refractivity (Wildman–Crippen MR) is 125 cm³/mol. The summed E-state index contributed by atoms with van der Waals surface area (Å²) in [5.74, 6) is -3.15. The molecule has 34 heavy (non-hydrogen) atoms. The molecule has 10 heteroatoms. The number of anilines is 2. The van der Waals surface area contributed by atoms with Crippen molar-refractivity contribution in [2.24, 2.45) is 5.92 Å². The van der Waals surface area contributed by atoms with Gasteiger partial charge in [-0.15, -0.1) is 11.3 Å². The highest BCUT2D eigenvalue weighted by Gasteiger charge is 2.60. The molecule has 0 N–H and O–H groups in total. The van der Waals surface area contributed by atoms with E-state index in [0.717, 1.165) is 28.3 Å². The lowest BCUT2D eigenvalue weighted by molar-refractivity contribution is -0.126. The smallest absolute Gasteiger partial charge is 0.348 e. The molecule has 0 bridgehead atoms. The summed E-state index contributed by atoms with van der Waals surface area (Å²) in [5, 5.41) is 1.71. The second-order valence-corrected chi connectivity index (χ2v) is 9.03. The third-order valence-electron chi connectivity index (χ3n) is 6.02. The Morgan fingerprint density at radius 3 is 2.41 bits per heavy atom. The normalized spacial score (nSPS) is 21.7. The van der Waals surface area contributed by atoms with Crippen molar-refractivity contribution in [3.05, 3.63) is 46.3 Å². The van der Waals surface area contributed by atoms with Crippen LogP contribution in [0.4, 0.5) is 10.7 Å². The number of para-hydroxylation sites is 1. The van der Waals surface area contributed by atoms with E-state index in [1.807, 2.05) is 37.3 Å². The third kappa shape index (κ3) is 3.76. The quantitative estimate of drug-likeness (QED) is 0.433. The van der Waals surface area contributed by atoms with E-state index < -0.39 is 35.8 Å². The van der Waals surface area contributed by atoms with Crippen molar-refractivity contribution < 1.29 is 33.5 Å². The van der Waals surface area contributed by atoms with Crippen molar-refractivity contribution >= 4 is 45.8 Å². The monoisotopic (exact) mass is 486 g/mol. The summed E-state index contributed by atoms with van der Waals surface area (Å²) in [5.41, 5.74) is 1.07. The molecule has 2 aliphatic rings. The average molecular weight is 487 g/mol. The maximum Gasteiger partial charge on any atom is 0.348 e. The van der Waals surface area contributed by atoms with Gasteiger partial charge in [-0.3, -0.25) is 14.4 Å². The lowest BCUT2D eigenvalue weighted by Crippen LogP contribution is -2.40. The molecule has 2 aromatic rings. The first kappa shape index (κ1) is 23.9. The Labute approximate surface area is 201 Å². The van der Waals surface area contributed by atoms with Crippen molar-refractivity contribution in [3.63, 3.8) is 0 Å². The SMILES string of the molecule is CCC[C@@H]1[C@H]2C(=O)N(c3sc(C(=O)OCC)c(C)c3C(=O)OC)C(=O)[C@@H]2ON1c1ccccc1. The van der Waals surface area contributed by atoms with E-state index in [2.05, 4.69) is 0 Å². The molecular formula is C24H26N2O7S. The third-order valence-corrected chi connectivity index (χ3v) is 7.27. The van der Waals surface area contributed by atoms with E-state index >= 15 is 0 Å². The number of carbonyl (C=O) groups excluding carboxylic acids is 4. The molecule has 0 aliphatic carbocycles. The van der Waals surface area contributed by atoms with E-state index in [1.54, 1.807) is 18.9 Å². The number of carbonyl (C=O) groups is 4. The summed E-state index contributed by atoms with van der Waals surface area (Å²) in [6.45, 7) is 5.38. The number of fused-ring (bicyclic) bond motifs is 1. The lowest BCUT2D eigenvalue weighted by atomic mass is 9.93. The number of rotatable bonds is 7. The lowest BCUT2D eigenvalue weighted by Gasteiger charge is -2.28. The van der Waals surface area contributed by atoms with Crippen LogP contribution in [0.15, 0.2) is 30.3 Å². The van der Waals surface area contributed by atoms with Crippen LogP contribution in [0.25, 0.3) is 0 Å². The molecule has 3 atom stereocenters. The number of amides is 2. The Hall–Kier alpha value is -3.24. The number of methoxy groups -OCH3 is 1. The molecule has 2 fully saturated rings. The van der Waals surface area contributed by atoms with Gasteiger partial charge in [0.05, 0.1) is 36.9 Å². The standard InChI is InChI=1S/C24H26N2O7S/c1-5-10-15-17-18(33-26(15)14-11-8-7-9-12-14)21(28)25(20(17)27)22-16(23(29)31-4)13(3)19(34-22)24(30)32-6-2/h7-9,11-12,15,17-18H,5-6,10H2,1-4H3/t15-,17-,18-/m1/s1. The van der Waals surface area contributed by atoms with Gasteiger partial charge in [0.25, 0.3) is 5.91 Å². The number of nitrogens with zero attached hydrogens (tertiary/aromatic N) is 2. The molecule has 1 aromatic heterocycles. The first-order valence-corrected chi connectivity index (χ1v) is 11.9. The van der Waals surface area contributed by atoms with Gasteiger partial charge in [-0.25, -0.2) is 19.6 Å².